The van der Waals surface area contributed by atoms with Crippen LogP contribution in [-0.4, -0.2) is 10.9 Å². The lowest BCUT2D eigenvalue weighted by Crippen LogP contribution is -2.05. The number of oxime groups is 1. The van der Waals surface area contributed by atoms with E-state index in [0.29, 0.717) is 12.2 Å². The molecule has 0 saturated heterocycles. The third-order valence-electron chi connectivity index (χ3n) is 3.33. The smallest absolute Gasteiger partial charge is 0.187 e. The maximum Gasteiger partial charge on any atom is 0.187 e. The first-order chi connectivity index (χ1) is 10.8. The van der Waals surface area contributed by atoms with E-state index in [-0.39, 0.29) is 5.71 Å². The summed E-state index contributed by atoms with van der Waals surface area (Å²) in [6.07, 6.45) is 2.17. The first kappa shape index (κ1) is 15.6. The molecular weight excluding hydrogens is 276 g/mol. The van der Waals surface area contributed by atoms with Crippen LogP contribution in [0, 0.1) is 11.3 Å². The molecule has 0 amide bonds. The number of aryl methyl sites for hydroxylation is 1. The summed E-state index contributed by atoms with van der Waals surface area (Å²) in [5, 5.41) is 20.9. The summed E-state index contributed by atoms with van der Waals surface area (Å²) < 4.78 is 5.76. The fourth-order valence-corrected chi connectivity index (χ4v) is 2.22. The Bertz CT molecular complexity index is 685. The first-order valence-corrected chi connectivity index (χ1v) is 7.20. The third kappa shape index (κ3) is 3.86. The van der Waals surface area contributed by atoms with Crippen LogP contribution in [0.25, 0.3) is 0 Å². The van der Waals surface area contributed by atoms with Gasteiger partial charge in [-0.05, 0) is 29.7 Å². The van der Waals surface area contributed by atoms with Gasteiger partial charge in [0.15, 0.2) is 5.71 Å². The second-order valence-corrected chi connectivity index (χ2v) is 4.90. The van der Waals surface area contributed by atoms with Crippen molar-refractivity contribution >= 4 is 5.71 Å². The normalized spacial score (nSPS) is 11.0. The zero-order valence-corrected chi connectivity index (χ0v) is 12.5. The van der Waals surface area contributed by atoms with Gasteiger partial charge in [0.05, 0.1) is 0 Å². The Kier molecular flexibility index (Phi) is 5.56. The van der Waals surface area contributed by atoms with Crippen molar-refractivity contribution in [1.82, 2.24) is 0 Å². The Morgan fingerprint density at radius 2 is 1.91 bits per heavy atom. The first-order valence-electron chi connectivity index (χ1n) is 7.20. The number of ether oxygens (including phenoxy) is 1. The van der Waals surface area contributed by atoms with Crippen LogP contribution in [0.4, 0.5) is 0 Å². The molecule has 0 heterocycles. The molecular formula is C18H18N2O2. The number of hydrogen-bond donors (Lipinski definition) is 1. The summed E-state index contributed by atoms with van der Waals surface area (Å²) >= 11 is 0. The van der Waals surface area contributed by atoms with Gasteiger partial charge in [-0.25, -0.2) is 0 Å². The van der Waals surface area contributed by atoms with Crippen LogP contribution in [0.2, 0.25) is 0 Å². The van der Waals surface area contributed by atoms with Crippen molar-refractivity contribution in [3.63, 3.8) is 0 Å². The molecule has 0 spiro atoms. The van der Waals surface area contributed by atoms with E-state index in [2.05, 4.69) is 24.2 Å². The fourth-order valence-electron chi connectivity index (χ4n) is 2.22. The summed E-state index contributed by atoms with van der Waals surface area (Å²) in [6.45, 7) is 2.46. The van der Waals surface area contributed by atoms with Crippen molar-refractivity contribution in [2.24, 2.45) is 5.16 Å². The summed E-state index contributed by atoms with van der Waals surface area (Å²) in [7, 11) is 0. The van der Waals surface area contributed by atoms with Crippen LogP contribution in [0.3, 0.4) is 0 Å². The molecule has 0 bridgehead atoms. The van der Waals surface area contributed by atoms with Crippen LogP contribution in [0.15, 0.2) is 53.7 Å². The zero-order valence-electron chi connectivity index (χ0n) is 12.5. The number of benzene rings is 2. The summed E-state index contributed by atoms with van der Waals surface area (Å²) in [4.78, 5) is 0. The van der Waals surface area contributed by atoms with Crippen LogP contribution in [0.1, 0.15) is 30.0 Å². The van der Waals surface area contributed by atoms with E-state index in [1.165, 1.54) is 5.56 Å². The molecule has 0 aliphatic heterocycles. The number of nitriles is 1. The fraction of sp³-hybridized carbons (Fsp3) is 0.222. The molecule has 0 unspecified atom stereocenters. The second-order valence-electron chi connectivity index (χ2n) is 4.90. The summed E-state index contributed by atoms with van der Waals surface area (Å²) in [5.74, 6) is 0.772. The monoisotopic (exact) mass is 294 g/mol. The van der Waals surface area contributed by atoms with Crippen LogP contribution in [-0.2, 0) is 13.0 Å². The minimum absolute atomic E-state index is 0.0162. The van der Waals surface area contributed by atoms with Gasteiger partial charge in [-0.1, -0.05) is 54.9 Å². The number of hydrogen-bond acceptors (Lipinski definition) is 4. The van der Waals surface area contributed by atoms with E-state index in [4.69, 9.17) is 15.2 Å². The molecule has 1 N–H and O–H groups in total. The Labute approximate surface area is 130 Å². The van der Waals surface area contributed by atoms with Crippen molar-refractivity contribution in [2.45, 2.75) is 26.4 Å². The molecule has 0 aliphatic rings. The highest BCUT2D eigenvalue weighted by Crippen LogP contribution is 2.17. The maximum absolute atomic E-state index is 8.99. The molecule has 0 radical (unpaired) electrons. The van der Waals surface area contributed by atoms with Gasteiger partial charge in [-0.3, -0.25) is 0 Å². The topological polar surface area (TPSA) is 65.6 Å². The van der Waals surface area contributed by atoms with Gasteiger partial charge < -0.3 is 9.94 Å². The van der Waals surface area contributed by atoms with Gasteiger partial charge in [0.1, 0.15) is 18.4 Å². The standard InChI is InChI=1S/C18H18N2O2/c1-2-5-14-8-10-16(11-9-14)22-13-15-6-3-4-7-17(15)18(12-19)20-21/h3-4,6-11,21H,2,5,13H2,1H3/b20-18-. The van der Waals surface area contributed by atoms with Gasteiger partial charge in [-0.15, -0.1) is 0 Å². The summed E-state index contributed by atoms with van der Waals surface area (Å²) in [6, 6.07) is 17.1. The largest absolute Gasteiger partial charge is 0.489 e. The molecule has 2 rings (SSSR count). The van der Waals surface area contributed by atoms with Gasteiger partial charge in [0.25, 0.3) is 0 Å². The third-order valence-corrected chi connectivity index (χ3v) is 3.33. The average Bonchev–Trinajstić information content (AvgIpc) is 2.57. The number of rotatable bonds is 6. The van der Waals surface area contributed by atoms with Gasteiger partial charge in [-0.2, -0.15) is 5.26 Å². The minimum Gasteiger partial charge on any atom is -0.489 e. The Hall–Kier alpha value is -2.80. The Balaban J connectivity index is 2.10. The van der Waals surface area contributed by atoms with Crippen molar-refractivity contribution in [1.29, 1.82) is 5.26 Å². The lowest BCUT2D eigenvalue weighted by Gasteiger charge is -2.10. The quantitative estimate of drug-likeness (QED) is 0.499. The molecule has 2 aromatic carbocycles. The Morgan fingerprint density at radius 1 is 1.18 bits per heavy atom. The SMILES string of the molecule is CCCc1ccc(OCc2ccccc2/C(C#N)=N\O)cc1. The van der Waals surface area contributed by atoms with Crippen LogP contribution >= 0.6 is 0 Å². The minimum atomic E-state index is -0.0162. The molecule has 2 aromatic rings. The van der Waals surface area contributed by atoms with Gasteiger partial charge >= 0.3 is 0 Å². The van der Waals surface area contributed by atoms with Gasteiger partial charge in [0, 0.05) is 5.56 Å². The molecule has 0 atom stereocenters. The van der Waals surface area contributed by atoms with E-state index < -0.39 is 0 Å². The maximum atomic E-state index is 8.99. The van der Waals surface area contributed by atoms with E-state index in [1.54, 1.807) is 12.1 Å². The molecule has 112 valence electrons. The Morgan fingerprint density at radius 3 is 2.55 bits per heavy atom. The summed E-state index contributed by atoms with van der Waals surface area (Å²) in [5.41, 5.74) is 2.65. The molecule has 0 aromatic heterocycles. The van der Waals surface area contributed by atoms with E-state index in [0.717, 1.165) is 24.2 Å². The van der Waals surface area contributed by atoms with Crippen LogP contribution < -0.4 is 4.74 Å². The lowest BCUT2D eigenvalue weighted by molar-refractivity contribution is 0.305. The van der Waals surface area contributed by atoms with Crippen molar-refractivity contribution < 1.29 is 9.94 Å². The van der Waals surface area contributed by atoms with E-state index in [9.17, 15) is 0 Å². The molecule has 22 heavy (non-hydrogen) atoms. The van der Waals surface area contributed by atoms with Crippen molar-refractivity contribution in [3.8, 4) is 11.8 Å². The molecule has 4 nitrogen and oxygen atoms in total. The molecule has 0 aliphatic carbocycles. The van der Waals surface area contributed by atoms with E-state index in [1.807, 2.05) is 30.3 Å². The predicted molar refractivity (Wildman–Crippen MR) is 85.1 cm³/mol. The van der Waals surface area contributed by atoms with Gasteiger partial charge in [0.2, 0.25) is 0 Å². The molecule has 0 saturated carbocycles. The highest BCUT2D eigenvalue weighted by atomic mass is 16.5. The highest BCUT2D eigenvalue weighted by molar-refractivity contribution is 6.12. The van der Waals surface area contributed by atoms with Crippen LogP contribution in [0.5, 0.6) is 5.75 Å². The van der Waals surface area contributed by atoms with E-state index >= 15 is 0 Å². The zero-order chi connectivity index (χ0) is 15.8. The number of nitrogens with zero attached hydrogens (tertiary/aromatic N) is 2. The van der Waals surface area contributed by atoms with Crippen molar-refractivity contribution in [2.75, 3.05) is 0 Å². The molecule has 4 heteroatoms. The second kappa shape index (κ2) is 7.84. The highest BCUT2D eigenvalue weighted by Gasteiger charge is 2.09. The average molecular weight is 294 g/mol. The van der Waals surface area contributed by atoms with Crippen molar-refractivity contribution in [3.05, 3.63) is 65.2 Å². The molecule has 0 fully saturated rings. The predicted octanol–water partition coefficient (Wildman–Crippen LogP) is 3.92. The lowest BCUT2D eigenvalue weighted by atomic mass is 10.0.